The molecule has 11 rings (SSSR count). The Balaban J connectivity index is 1.15. The number of furan rings is 1. The molecule has 2 nitrogen and oxygen atoms in total. The molecule has 0 aliphatic heterocycles. The van der Waals surface area contributed by atoms with Crippen LogP contribution in [0.3, 0.4) is 0 Å². The summed E-state index contributed by atoms with van der Waals surface area (Å²) in [6, 6.07) is 69.0. The van der Waals surface area contributed by atoms with Crippen LogP contribution in [0.15, 0.2) is 192 Å². The number of hydrogen-bond donors (Lipinski definition) is 0. The van der Waals surface area contributed by atoms with E-state index in [1.54, 1.807) is 0 Å². The molecule has 268 valence electrons. The van der Waals surface area contributed by atoms with Crippen LogP contribution >= 0.6 is 0 Å². The number of hydrogen-bond acceptors (Lipinski definition) is 2. The van der Waals surface area contributed by atoms with Crippen molar-refractivity contribution in [3.8, 4) is 44.5 Å². The quantitative estimate of drug-likeness (QED) is 0.170. The zero-order valence-corrected chi connectivity index (χ0v) is 31.3. The molecule has 0 unspecified atom stereocenters. The SMILES string of the molecule is c1ccc(-c2ccccc2-c2ccccc2-c2ccccc2N(c2ccc3c(c2)C2(CCCCC2)c2ccccc2-3)c2ccc3oc4ccccc4c3c2)cc1. The van der Waals surface area contributed by atoms with Gasteiger partial charge in [-0.3, -0.25) is 0 Å². The van der Waals surface area contributed by atoms with E-state index in [4.69, 9.17) is 4.42 Å². The molecule has 0 N–H and O–H groups in total. The first-order valence-corrected chi connectivity index (χ1v) is 20.1. The molecule has 0 radical (unpaired) electrons. The molecule has 1 saturated carbocycles. The van der Waals surface area contributed by atoms with Gasteiger partial charge < -0.3 is 9.32 Å². The zero-order valence-electron chi connectivity index (χ0n) is 31.3. The van der Waals surface area contributed by atoms with Crippen LogP contribution < -0.4 is 4.90 Å². The lowest BCUT2D eigenvalue weighted by atomic mass is 9.68. The van der Waals surface area contributed by atoms with Crippen molar-refractivity contribution in [2.24, 2.45) is 0 Å². The Labute approximate surface area is 328 Å². The number of rotatable bonds is 6. The van der Waals surface area contributed by atoms with Gasteiger partial charge in [-0.15, -0.1) is 0 Å². The highest BCUT2D eigenvalue weighted by Gasteiger charge is 2.44. The maximum atomic E-state index is 6.36. The zero-order chi connectivity index (χ0) is 37.1. The molecule has 8 aromatic carbocycles. The summed E-state index contributed by atoms with van der Waals surface area (Å²) in [5, 5.41) is 2.25. The van der Waals surface area contributed by atoms with Crippen molar-refractivity contribution in [3.05, 3.63) is 199 Å². The minimum absolute atomic E-state index is 0.0455. The van der Waals surface area contributed by atoms with Gasteiger partial charge >= 0.3 is 0 Å². The second-order valence-corrected chi connectivity index (χ2v) is 15.5. The van der Waals surface area contributed by atoms with Crippen LogP contribution in [0.5, 0.6) is 0 Å². The third-order valence-electron chi connectivity index (χ3n) is 12.5. The van der Waals surface area contributed by atoms with Crippen LogP contribution in [0.25, 0.3) is 66.4 Å². The highest BCUT2D eigenvalue weighted by Crippen LogP contribution is 2.57. The average Bonchev–Trinajstić information content (AvgIpc) is 3.77. The minimum Gasteiger partial charge on any atom is -0.456 e. The van der Waals surface area contributed by atoms with Crippen molar-refractivity contribution >= 4 is 39.0 Å². The second-order valence-electron chi connectivity index (χ2n) is 15.5. The van der Waals surface area contributed by atoms with E-state index < -0.39 is 0 Å². The second kappa shape index (κ2) is 13.3. The molecular formula is C54H41NO. The first-order valence-electron chi connectivity index (χ1n) is 20.1. The predicted octanol–water partition coefficient (Wildman–Crippen LogP) is 15.3. The van der Waals surface area contributed by atoms with Crippen molar-refractivity contribution in [3.63, 3.8) is 0 Å². The molecule has 0 amide bonds. The Morgan fingerprint density at radius 1 is 0.375 bits per heavy atom. The van der Waals surface area contributed by atoms with Gasteiger partial charge in [-0.1, -0.05) is 165 Å². The van der Waals surface area contributed by atoms with Crippen molar-refractivity contribution in [1.29, 1.82) is 0 Å². The Bertz CT molecular complexity index is 2910. The smallest absolute Gasteiger partial charge is 0.135 e. The van der Waals surface area contributed by atoms with E-state index in [1.165, 1.54) is 93.4 Å². The normalized spacial score (nSPS) is 14.2. The van der Waals surface area contributed by atoms with Crippen LogP contribution in [0.4, 0.5) is 17.1 Å². The average molecular weight is 720 g/mol. The maximum absolute atomic E-state index is 6.36. The predicted molar refractivity (Wildman–Crippen MR) is 234 cm³/mol. The molecule has 1 aromatic heterocycles. The van der Waals surface area contributed by atoms with E-state index in [-0.39, 0.29) is 5.41 Å². The van der Waals surface area contributed by atoms with E-state index in [1.807, 2.05) is 6.07 Å². The summed E-state index contributed by atoms with van der Waals surface area (Å²) in [6.45, 7) is 0. The molecule has 2 aliphatic rings. The summed E-state index contributed by atoms with van der Waals surface area (Å²) in [5.74, 6) is 0. The third-order valence-corrected chi connectivity index (χ3v) is 12.5. The highest BCUT2D eigenvalue weighted by molar-refractivity contribution is 6.07. The van der Waals surface area contributed by atoms with Crippen LogP contribution in [0, 0.1) is 0 Å². The van der Waals surface area contributed by atoms with Crippen LogP contribution in [-0.4, -0.2) is 0 Å². The summed E-state index contributed by atoms with van der Waals surface area (Å²) in [6.07, 6.45) is 6.21. The summed E-state index contributed by atoms with van der Waals surface area (Å²) < 4.78 is 6.36. The Kier molecular flexibility index (Phi) is 7.77. The van der Waals surface area contributed by atoms with Crippen molar-refractivity contribution in [2.75, 3.05) is 4.90 Å². The van der Waals surface area contributed by atoms with E-state index in [0.717, 1.165) is 33.3 Å². The Morgan fingerprint density at radius 3 is 1.73 bits per heavy atom. The number of nitrogens with zero attached hydrogens (tertiary/aromatic N) is 1. The summed E-state index contributed by atoms with van der Waals surface area (Å²) in [7, 11) is 0. The standard InChI is InChI=1S/C54H41NO/c1-3-17-37(18-4-1)40-19-5-6-20-41(40)42-21-7-8-22-43(42)46-24-10-13-27-51(46)55(38-30-32-53-48(35-38)47-25-11-14-28-52(47)56-53)39-29-31-45-44-23-9-12-26-49(44)54(50(45)36-39)33-15-2-16-34-54/h1,3-14,17-32,35-36H,2,15-16,33-34H2. The number of benzene rings is 8. The molecule has 1 spiro atoms. The molecule has 1 heterocycles. The fourth-order valence-electron chi connectivity index (χ4n) is 9.99. The Hall–Kier alpha value is -6.64. The molecule has 2 heteroatoms. The fourth-order valence-corrected chi connectivity index (χ4v) is 9.99. The minimum atomic E-state index is 0.0455. The number of para-hydroxylation sites is 2. The van der Waals surface area contributed by atoms with Crippen molar-refractivity contribution in [1.82, 2.24) is 0 Å². The Morgan fingerprint density at radius 2 is 0.929 bits per heavy atom. The van der Waals surface area contributed by atoms with E-state index in [9.17, 15) is 0 Å². The van der Waals surface area contributed by atoms with Gasteiger partial charge in [0.25, 0.3) is 0 Å². The van der Waals surface area contributed by atoms with Gasteiger partial charge in [-0.2, -0.15) is 0 Å². The van der Waals surface area contributed by atoms with Gasteiger partial charge in [0.1, 0.15) is 11.2 Å². The topological polar surface area (TPSA) is 16.4 Å². The first-order chi connectivity index (χ1) is 27.8. The summed E-state index contributed by atoms with van der Waals surface area (Å²) >= 11 is 0. The van der Waals surface area contributed by atoms with Gasteiger partial charge in [-0.25, -0.2) is 0 Å². The van der Waals surface area contributed by atoms with Crippen LogP contribution in [0.1, 0.15) is 43.2 Å². The lowest BCUT2D eigenvalue weighted by Crippen LogP contribution is -2.28. The monoisotopic (exact) mass is 719 g/mol. The largest absolute Gasteiger partial charge is 0.456 e. The molecule has 0 saturated heterocycles. The third kappa shape index (κ3) is 5.17. The molecule has 2 aliphatic carbocycles. The molecule has 0 bridgehead atoms. The van der Waals surface area contributed by atoms with Crippen molar-refractivity contribution < 1.29 is 4.42 Å². The van der Waals surface area contributed by atoms with E-state index in [2.05, 4.69) is 187 Å². The van der Waals surface area contributed by atoms with Gasteiger partial charge in [-0.05, 0) is 105 Å². The molecule has 9 aromatic rings. The number of anilines is 3. The highest BCUT2D eigenvalue weighted by atomic mass is 16.3. The van der Waals surface area contributed by atoms with Gasteiger partial charge in [0, 0.05) is 33.1 Å². The molecule has 56 heavy (non-hydrogen) atoms. The lowest BCUT2D eigenvalue weighted by Gasteiger charge is -2.37. The van der Waals surface area contributed by atoms with E-state index in [0.29, 0.717) is 0 Å². The maximum Gasteiger partial charge on any atom is 0.135 e. The summed E-state index contributed by atoms with van der Waals surface area (Å²) in [5.41, 5.74) is 18.3. The summed E-state index contributed by atoms with van der Waals surface area (Å²) in [4.78, 5) is 2.50. The van der Waals surface area contributed by atoms with Gasteiger partial charge in [0.15, 0.2) is 0 Å². The molecular weight excluding hydrogens is 679 g/mol. The van der Waals surface area contributed by atoms with Crippen LogP contribution in [-0.2, 0) is 5.41 Å². The number of fused-ring (bicyclic) bond motifs is 8. The van der Waals surface area contributed by atoms with Crippen molar-refractivity contribution in [2.45, 2.75) is 37.5 Å². The van der Waals surface area contributed by atoms with E-state index >= 15 is 0 Å². The lowest BCUT2D eigenvalue weighted by molar-refractivity contribution is 0.353. The molecule has 1 fully saturated rings. The van der Waals surface area contributed by atoms with Crippen LogP contribution in [0.2, 0.25) is 0 Å². The fraction of sp³-hybridized carbons (Fsp3) is 0.111. The van der Waals surface area contributed by atoms with Gasteiger partial charge in [0.2, 0.25) is 0 Å². The molecule has 0 atom stereocenters. The van der Waals surface area contributed by atoms with Gasteiger partial charge in [0.05, 0.1) is 5.69 Å². The first kappa shape index (κ1) is 32.8.